The molecule has 2 atom stereocenters. The fourth-order valence-corrected chi connectivity index (χ4v) is 2.76. The molecule has 5 heteroatoms. The number of allylic oxidation sites excluding steroid dienone is 7. The van der Waals surface area contributed by atoms with Gasteiger partial charge in [-0.1, -0.05) is 49.0 Å². The number of rotatable bonds is 5. The smallest absolute Gasteiger partial charge is 0.407 e. The fraction of sp³-hybridized carbons (Fsp3) is 0.545. The number of amides is 1. The summed E-state index contributed by atoms with van der Waals surface area (Å²) in [6.07, 6.45) is 12.6. The molecule has 0 aliphatic heterocycles. The molecule has 0 radical (unpaired) electrons. The van der Waals surface area contributed by atoms with Crippen LogP contribution in [0.15, 0.2) is 47.6 Å². The number of ether oxygens (including phenoxy) is 2. The Bertz CT molecular complexity index is 635. The van der Waals surface area contributed by atoms with Crippen molar-refractivity contribution in [2.75, 3.05) is 13.2 Å². The van der Waals surface area contributed by atoms with Gasteiger partial charge < -0.3 is 14.8 Å². The van der Waals surface area contributed by atoms with E-state index < -0.39 is 17.7 Å². The van der Waals surface area contributed by atoms with E-state index in [1.165, 1.54) is 11.1 Å². The Kier molecular flexibility index (Phi) is 9.06. The summed E-state index contributed by atoms with van der Waals surface area (Å²) in [7, 11) is 0. The summed E-state index contributed by atoms with van der Waals surface area (Å²) < 4.78 is 10.5. The van der Waals surface area contributed by atoms with E-state index in [0.29, 0.717) is 5.92 Å². The first-order valence-corrected chi connectivity index (χ1v) is 9.43. The van der Waals surface area contributed by atoms with Crippen LogP contribution in [0.2, 0.25) is 0 Å². The minimum absolute atomic E-state index is 0.0621. The highest BCUT2D eigenvalue weighted by Crippen LogP contribution is 2.27. The number of alkyl carbamates (subject to hydrolysis) is 1. The van der Waals surface area contributed by atoms with Crippen LogP contribution in [0.1, 0.15) is 48.0 Å². The first-order valence-electron chi connectivity index (χ1n) is 9.43. The van der Waals surface area contributed by atoms with Crippen molar-refractivity contribution in [1.82, 2.24) is 5.32 Å². The molecule has 150 valence electrons. The molecule has 0 aromatic heterocycles. The molecule has 0 saturated carbocycles. The maximum Gasteiger partial charge on any atom is 0.407 e. The molecule has 5 nitrogen and oxygen atoms in total. The number of esters is 1. The van der Waals surface area contributed by atoms with E-state index in [0.717, 1.165) is 6.42 Å². The van der Waals surface area contributed by atoms with Gasteiger partial charge in [0, 0.05) is 5.92 Å². The molecule has 1 rings (SSSR count). The third-order valence-electron chi connectivity index (χ3n) is 4.20. The molecule has 27 heavy (non-hydrogen) atoms. The van der Waals surface area contributed by atoms with Crippen molar-refractivity contribution in [3.05, 3.63) is 47.6 Å². The van der Waals surface area contributed by atoms with Gasteiger partial charge in [-0.2, -0.15) is 0 Å². The minimum Gasteiger partial charge on any atom is -0.459 e. The predicted molar refractivity (Wildman–Crippen MR) is 108 cm³/mol. The third kappa shape index (κ3) is 8.76. The summed E-state index contributed by atoms with van der Waals surface area (Å²) in [5.74, 6) is -0.121. The Morgan fingerprint density at radius 1 is 1.30 bits per heavy atom. The molecule has 0 aromatic rings. The van der Waals surface area contributed by atoms with Crippen molar-refractivity contribution in [2.45, 2.75) is 53.6 Å². The molecule has 0 heterocycles. The molecule has 0 saturated heterocycles. The molecule has 1 amide bonds. The second-order valence-corrected chi connectivity index (χ2v) is 7.71. The first kappa shape index (κ1) is 22.7. The largest absolute Gasteiger partial charge is 0.459 e. The number of carbonyl (C=O) groups excluding carboxylic acids is 2. The van der Waals surface area contributed by atoms with Crippen molar-refractivity contribution in [3.8, 4) is 0 Å². The minimum atomic E-state index is -0.617. The summed E-state index contributed by atoms with van der Waals surface area (Å²) in [5, 5.41) is 2.45. The molecule has 0 bridgehead atoms. The average molecular weight is 376 g/mol. The molecule has 0 aromatic carbocycles. The number of carbonyl (C=O) groups is 2. The van der Waals surface area contributed by atoms with E-state index in [1.54, 1.807) is 20.8 Å². The van der Waals surface area contributed by atoms with Crippen LogP contribution in [0, 0.1) is 11.8 Å². The van der Waals surface area contributed by atoms with Gasteiger partial charge in [-0.3, -0.25) is 4.79 Å². The van der Waals surface area contributed by atoms with Crippen molar-refractivity contribution in [1.29, 1.82) is 0 Å². The van der Waals surface area contributed by atoms with E-state index in [9.17, 15) is 9.59 Å². The lowest BCUT2D eigenvalue weighted by atomic mass is 9.87. The van der Waals surface area contributed by atoms with E-state index in [2.05, 4.69) is 43.5 Å². The monoisotopic (exact) mass is 375 g/mol. The Labute approximate surface area is 163 Å². The van der Waals surface area contributed by atoms with Crippen LogP contribution in [0.4, 0.5) is 4.79 Å². The lowest BCUT2D eigenvalue weighted by molar-refractivity contribution is -0.153. The summed E-state index contributed by atoms with van der Waals surface area (Å²) in [4.78, 5) is 23.7. The number of hydrogen-bond donors (Lipinski definition) is 1. The van der Waals surface area contributed by atoms with Gasteiger partial charge in [0.1, 0.15) is 18.8 Å². The topological polar surface area (TPSA) is 64.6 Å². The van der Waals surface area contributed by atoms with Crippen LogP contribution in [-0.2, 0) is 14.3 Å². The highest BCUT2D eigenvalue weighted by Gasteiger charge is 2.20. The van der Waals surface area contributed by atoms with Crippen molar-refractivity contribution in [3.63, 3.8) is 0 Å². The molecule has 0 fully saturated rings. The normalized spacial score (nSPS) is 25.9. The van der Waals surface area contributed by atoms with Crippen LogP contribution in [0.3, 0.4) is 0 Å². The summed E-state index contributed by atoms with van der Waals surface area (Å²) in [6, 6.07) is 0. The van der Waals surface area contributed by atoms with E-state index in [1.807, 2.05) is 19.1 Å². The lowest BCUT2D eigenvalue weighted by Crippen LogP contribution is -2.35. The Balaban J connectivity index is 2.70. The SMILES string of the molecule is C/C=C\C1=C(/C)C(C)/C=C\C=C/CC1COC(=O)NCC(=O)OC(C)(C)C. The van der Waals surface area contributed by atoms with E-state index in [4.69, 9.17) is 9.47 Å². The van der Waals surface area contributed by atoms with Crippen molar-refractivity contribution in [2.24, 2.45) is 11.8 Å². The lowest BCUT2D eigenvalue weighted by Gasteiger charge is -2.22. The first-order chi connectivity index (χ1) is 12.6. The van der Waals surface area contributed by atoms with Gasteiger partial charge in [0.05, 0.1) is 0 Å². The zero-order chi connectivity index (χ0) is 20.4. The van der Waals surface area contributed by atoms with Crippen LogP contribution in [0.25, 0.3) is 0 Å². The molecule has 1 aliphatic carbocycles. The Morgan fingerprint density at radius 2 is 2.00 bits per heavy atom. The summed E-state index contributed by atoms with van der Waals surface area (Å²) in [6.45, 7) is 11.6. The van der Waals surface area contributed by atoms with Crippen molar-refractivity contribution >= 4 is 12.1 Å². The highest BCUT2D eigenvalue weighted by molar-refractivity contribution is 5.78. The second kappa shape index (κ2) is 10.8. The second-order valence-electron chi connectivity index (χ2n) is 7.71. The zero-order valence-corrected chi connectivity index (χ0v) is 17.4. The maximum atomic E-state index is 12.0. The summed E-state index contributed by atoms with van der Waals surface area (Å²) >= 11 is 0. The number of nitrogens with one attached hydrogen (secondary N) is 1. The maximum absolute atomic E-state index is 12.0. The Morgan fingerprint density at radius 3 is 2.63 bits per heavy atom. The van der Waals surface area contributed by atoms with E-state index in [-0.39, 0.29) is 19.1 Å². The van der Waals surface area contributed by atoms with Gasteiger partial charge in [0.15, 0.2) is 0 Å². The van der Waals surface area contributed by atoms with Crippen LogP contribution in [0.5, 0.6) is 0 Å². The number of hydrogen-bond acceptors (Lipinski definition) is 4. The molecular weight excluding hydrogens is 342 g/mol. The molecule has 1 N–H and O–H groups in total. The predicted octanol–water partition coefficient (Wildman–Crippen LogP) is 4.72. The molecule has 1 aliphatic rings. The third-order valence-corrected chi connectivity index (χ3v) is 4.20. The van der Waals surface area contributed by atoms with Crippen molar-refractivity contribution < 1.29 is 19.1 Å². The molecule has 2 unspecified atom stereocenters. The van der Waals surface area contributed by atoms with Crippen LogP contribution >= 0.6 is 0 Å². The van der Waals surface area contributed by atoms with Gasteiger partial charge in [-0.25, -0.2) is 4.79 Å². The quantitative estimate of drug-likeness (QED) is 0.707. The standard InChI is InChI=1S/C22H33NO4/c1-7-11-19-17(3)16(2)12-9-8-10-13-18(19)15-26-21(25)23-14-20(24)27-22(4,5)6/h7-12,16,18H,13-15H2,1-6H3,(H,23,25)/b10-8-,11-7-,12-9-,19-17-. The van der Waals surface area contributed by atoms with E-state index >= 15 is 0 Å². The van der Waals surface area contributed by atoms with Gasteiger partial charge in [-0.15, -0.1) is 0 Å². The van der Waals surface area contributed by atoms with Gasteiger partial charge in [-0.05, 0) is 52.5 Å². The molecule has 0 spiro atoms. The van der Waals surface area contributed by atoms with Crippen LogP contribution < -0.4 is 5.32 Å². The zero-order valence-electron chi connectivity index (χ0n) is 17.4. The van der Waals surface area contributed by atoms with Crippen LogP contribution in [-0.4, -0.2) is 30.8 Å². The van der Waals surface area contributed by atoms with Gasteiger partial charge in [0.25, 0.3) is 0 Å². The average Bonchev–Trinajstić information content (AvgIpc) is 2.63. The van der Waals surface area contributed by atoms with Gasteiger partial charge >= 0.3 is 12.1 Å². The molecular formula is C22H33NO4. The van der Waals surface area contributed by atoms with Gasteiger partial charge in [0.2, 0.25) is 0 Å². The Hall–Kier alpha value is -2.30. The summed E-state index contributed by atoms with van der Waals surface area (Å²) in [5.41, 5.74) is 1.86. The highest BCUT2D eigenvalue weighted by atomic mass is 16.6. The fourth-order valence-electron chi connectivity index (χ4n) is 2.76.